The second-order valence-corrected chi connectivity index (χ2v) is 5.91. The third-order valence-corrected chi connectivity index (χ3v) is 4.16. The molecule has 19 heavy (non-hydrogen) atoms. The first-order valence-corrected chi connectivity index (χ1v) is 7.47. The van der Waals surface area contributed by atoms with Crippen LogP contribution in [0.5, 0.6) is 0 Å². The molecular weight excluding hydrogens is 260 g/mol. The van der Waals surface area contributed by atoms with Gasteiger partial charge in [0.1, 0.15) is 0 Å². The molecule has 0 atom stereocenters. The first-order chi connectivity index (χ1) is 9.01. The van der Waals surface area contributed by atoms with Crippen LogP contribution >= 0.6 is 0 Å². The Morgan fingerprint density at radius 1 is 1.11 bits per heavy atom. The quantitative estimate of drug-likeness (QED) is 0.843. The predicted molar refractivity (Wildman–Crippen MR) is 77.5 cm³/mol. The highest BCUT2D eigenvalue weighted by Gasteiger charge is 2.13. The minimum atomic E-state index is -3.59. The van der Waals surface area contributed by atoms with E-state index < -0.39 is 10.0 Å². The second-order valence-electron chi connectivity index (χ2n) is 4.23. The van der Waals surface area contributed by atoms with Crippen molar-refractivity contribution in [3.05, 3.63) is 54.1 Å². The van der Waals surface area contributed by atoms with Gasteiger partial charge in [0.05, 0.1) is 4.90 Å². The summed E-state index contributed by atoms with van der Waals surface area (Å²) in [5.41, 5.74) is 7.72. The van der Waals surface area contributed by atoms with Crippen molar-refractivity contribution in [1.82, 2.24) is 0 Å². The van der Waals surface area contributed by atoms with Crippen LogP contribution in [0, 0.1) is 0 Å². The van der Waals surface area contributed by atoms with Crippen LogP contribution < -0.4 is 10.5 Å². The number of sulfonamides is 1. The van der Waals surface area contributed by atoms with E-state index in [1.165, 1.54) is 12.1 Å². The minimum absolute atomic E-state index is 0.159. The third-order valence-electron chi connectivity index (χ3n) is 2.78. The van der Waals surface area contributed by atoms with Gasteiger partial charge in [0, 0.05) is 11.4 Å². The molecule has 5 heteroatoms. The Balaban J connectivity index is 2.25. The second kappa shape index (κ2) is 5.32. The van der Waals surface area contributed by atoms with Crippen molar-refractivity contribution in [2.75, 3.05) is 10.5 Å². The molecule has 0 spiro atoms. The predicted octanol–water partition coefficient (Wildman–Crippen LogP) is 2.63. The lowest BCUT2D eigenvalue weighted by atomic mass is 10.2. The van der Waals surface area contributed by atoms with Crippen LogP contribution in [0.3, 0.4) is 0 Å². The van der Waals surface area contributed by atoms with Crippen LogP contribution in [-0.4, -0.2) is 8.42 Å². The first kappa shape index (κ1) is 13.4. The highest BCUT2D eigenvalue weighted by molar-refractivity contribution is 7.92. The Labute approximate surface area is 113 Å². The van der Waals surface area contributed by atoms with Gasteiger partial charge in [-0.2, -0.15) is 0 Å². The first-order valence-electron chi connectivity index (χ1n) is 5.98. The van der Waals surface area contributed by atoms with Crippen LogP contribution in [-0.2, 0) is 16.4 Å². The maximum Gasteiger partial charge on any atom is 0.261 e. The molecule has 0 radical (unpaired) electrons. The van der Waals surface area contributed by atoms with E-state index in [9.17, 15) is 8.42 Å². The van der Waals surface area contributed by atoms with Gasteiger partial charge in [-0.1, -0.05) is 25.1 Å². The summed E-state index contributed by atoms with van der Waals surface area (Å²) >= 11 is 0. The zero-order valence-electron chi connectivity index (χ0n) is 10.6. The van der Waals surface area contributed by atoms with E-state index >= 15 is 0 Å². The van der Waals surface area contributed by atoms with Crippen LogP contribution in [0.2, 0.25) is 0 Å². The van der Waals surface area contributed by atoms with Crippen LogP contribution in [0.4, 0.5) is 11.4 Å². The highest BCUT2D eigenvalue weighted by Crippen LogP contribution is 2.18. The topological polar surface area (TPSA) is 72.2 Å². The Hall–Kier alpha value is -2.01. The lowest BCUT2D eigenvalue weighted by Crippen LogP contribution is -2.13. The molecule has 0 aliphatic carbocycles. The molecule has 0 aliphatic heterocycles. The van der Waals surface area contributed by atoms with E-state index in [1.54, 1.807) is 24.3 Å². The Bertz CT molecular complexity index is 664. The van der Waals surface area contributed by atoms with Crippen LogP contribution in [0.25, 0.3) is 0 Å². The molecule has 3 N–H and O–H groups in total. The van der Waals surface area contributed by atoms with E-state index in [1.807, 2.05) is 19.1 Å². The molecule has 0 saturated heterocycles. The molecule has 0 fully saturated rings. The van der Waals surface area contributed by atoms with Crippen molar-refractivity contribution < 1.29 is 8.42 Å². The number of benzene rings is 2. The molecule has 0 bridgehead atoms. The van der Waals surface area contributed by atoms with Crippen LogP contribution in [0.1, 0.15) is 12.5 Å². The molecule has 0 heterocycles. The number of nitrogens with one attached hydrogen (secondary N) is 1. The fourth-order valence-corrected chi connectivity index (χ4v) is 2.82. The van der Waals surface area contributed by atoms with Crippen molar-refractivity contribution in [3.8, 4) is 0 Å². The van der Waals surface area contributed by atoms with Gasteiger partial charge in [-0.15, -0.1) is 0 Å². The molecule has 100 valence electrons. The summed E-state index contributed by atoms with van der Waals surface area (Å²) in [6, 6.07) is 13.5. The summed E-state index contributed by atoms with van der Waals surface area (Å²) in [6.07, 6.45) is 0.919. The number of hydrogen-bond acceptors (Lipinski definition) is 3. The minimum Gasteiger partial charge on any atom is -0.399 e. The largest absolute Gasteiger partial charge is 0.399 e. The summed E-state index contributed by atoms with van der Waals surface area (Å²) in [7, 11) is -3.59. The normalized spacial score (nSPS) is 11.2. The number of nitrogens with two attached hydrogens (primary N) is 1. The summed E-state index contributed by atoms with van der Waals surface area (Å²) in [5, 5.41) is 0. The fraction of sp³-hybridized carbons (Fsp3) is 0.143. The SMILES string of the molecule is CCc1ccc(NS(=O)(=O)c2cccc(N)c2)cc1. The van der Waals surface area contributed by atoms with Gasteiger partial charge in [0.15, 0.2) is 0 Å². The van der Waals surface area contributed by atoms with Gasteiger partial charge in [-0.05, 0) is 42.3 Å². The average molecular weight is 276 g/mol. The molecule has 0 unspecified atom stereocenters. The molecular formula is C14H16N2O2S. The molecule has 2 aromatic carbocycles. The lowest BCUT2D eigenvalue weighted by molar-refractivity contribution is 0.601. The maximum absolute atomic E-state index is 12.1. The highest BCUT2D eigenvalue weighted by atomic mass is 32.2. The van der Waals surface area contributed by atoms with Gasteiger partial charge in [-0.25, -0.2) is 8.42 Å². The number of anilines is 2. The number of aryl methyl sites for hydroxylation is 1. The molecule has 0 aromatic heterocycles. The molecule has 0 saturated carbocycles. The van der Waals surface area contributed by atoms with E-state index in [-0.39, 0.29) is 4.90 Å². The lowest BCUT2D eigenvalue weighted by Gasteiger charge is -2.09. The maximum atomic E-state index is 12.1. The Morgan fingerprint density at radius 3 is 2.37 bits per heavy atom. The van der Waals surface area contributed by atoms with Gasteiger partial charge in [0.2, 0.25) is 0 Å². The van der Waals surface area contributed by atoms with E-state index in [4.69, 9.17) is 5.73 Å². The molecule has 2 aromatic rings. The third kappa shape index (κ3) is 3.26. The van der Waals surface area contributed by atoms with Gasteiger partial charge < -0.3 is 5.73 Å². The van der Waals surface area contributed by atoms with Crippen molar-refractivity contribution in [3.63, 3.8) is 0 Å². The summed E-state index contributed by atoms with van der Waals surface area (Å²) in [4.78, 5) is 0.159. The summed E-state index contributed by atoms with van der Waals surface area (Å²) in [6.45, 7) is 2.05. The number of nitrogen functional groups attached to an aromatic ring is 1. The molecule has 0 aliphatic rings. The Morgan fingerprint density at radius 2 is 1.79 bits per heavy atom. The average Bonchev–Trinajstić information content (AvgIpc) is 2.39. The van der Waals surface area contributed by atoms with Gasteiger partial charge in [-0.3, -0.25) is 4.72 Å². The summed E-state index contributed by atoms with van der Waals surface area (Å²) in [5.74, 6) is 0. The zero-order valence-corrected chi connectivity index (χ0v) is 11.4. The van der Waals surface area contributed by atoms with Gasteiger partial charge >= 0.3 is 0 Å². The smallest absolute Gasteiger partial charge is 0.261 e. The van der Waals surface area contributed by atoms with Gasteiger partial charge in [0.25, 0.3) is 10.0 Å². The molecule has 2 rings (SSSR count). The van der Waals surface area contributed by atoms with Crippen LogP contribution in [0.15, 0.2) is 53.4 Å². The Kier molecular flexibility index (Phi) is 3.76. The zero-order chi connectivity index (χ0) is 13.9. The standard InChI is InChI=1S/C14H16N2O2S/c1-2-11-6-8-13(9-7-11)16-19(17,18)14-5-3-4-12(15)10-14/h3-10,16H,2,15H2,1H3. The van der Waals surface area contributed by atoms with Crippen molar-refractivity contribution in [1.29, 1.82) is 0 Å². The number of hydrogen-bond donors (Lipinski definition) is 2. The van der Waals surface area contributed by atoms with E-state index in [2.05, 4.69) is 4.72 Å². The summed E-state index contributed by atoms with van der Waals surface area (Å²) < 4.78 is 26.8. The van der Waals surface area contributed by atoms with E-state index in [0.717, 1.165) is 12.0 Å². The monoisotopic (exact) mass is 276 g/mol. The number of rotatable bonds is 4. The van der Waals surface area contributed by atoms with E-state index in [0.29, 0.717) is 11.4 Å². The van der Waals surface area contributed by atoms with Crippen molar-refractivity contribution in [2.24, 2.45) is 0 Å². The van der Waals surface area contributed by atoms with Crippen molar-refractivity contribution in [2.45, 2.75) is 18.2 Å². The molecule has 4 nitrogen and oxygen atoms in total. The fourth-order valence-electron chi connectivity index (χ4n) is 1.70. The van der Waals surface area contributed by atoms with Crippen molar-refractivity contribution >= 4 is 21.4 Å². The molecule has 0 amide bonds.